The topological polar surface area (TPSA) is 120 Å². The monoisotopic (exact) mass is 500 g/mol. The number of aromatic nitrogens is 2. The molecule has 0 amide bonds. The second-order valence-electron chi connectivity index (χ2n) is 7.08. The highest BCUT2D eigenvalue weighted by atomic mass is 32.3. The zero-order valence-electron chi connectivity index (χ0n) is 17.6. The molecule has 0 aliphatic rings. The number of hydrogen-bond donors (Lipinski definition) is 0. The molecule has 0 fully saturated rings. The molecule has 174 valence electrons. The molecule has 1 heterocycles. The molecule has 0 saturated carbocycles. The molecule has 0 aliphatic heterocycles. The summed E-state index contributed by atoms with van der Waals surface area (Å²) in [5.41, 5.74) is -0.283. The lowest BCUT2D eigenvalue weighted by Gasteiger charge is -2.14. The van der Waals surface area contributed by atoms with Crippen LogP contribution in [0.2, 0.25) is 0 Å². The van der Waals surface area contributed by atoms with Crippen molar-refractivity contribution in [2.75, 3.05) is 0 Å². The van der Waals surface area contributed by atoms with Gasteiger partial charge in [-0.3, -0.25) is 4.79 Å². The van der Waals surface area contributed by atoms with Gasteiger partial charge >= 0.3 is 15.8 Å². The molecule has 0 atom stereocenters. The Balaban J connectivity index is 1.99. The van der Waals surface area contributed by atoms with E-state index in [0.29, 0.717) is 21.5 Å². The summed E-state index contributed by atoms with van der Waals surface area (Å²) in [6, 6.07) is 20.4. The Labute approximate surface area is 194 Å². The van der Waals surface area contributed by atoms with Crippen LogP contribution in [0.3, 0.4) is 0 Å². The van der Waals surface area contributed by atoms with Gasteiger partial charge in [0.25, 0.3) is 10.0 Å². The van der Waals surface area contributed by atoms with E-state index in [1.807, 2.05) is 0 Å². The molecule has 0 spiro atoms. The van der Waals surface area contributed by atoms with Crippen molar-refractivity contribution in [2.45, 2.75) is 16.7 Å². The van der Waals surface area contributed by atoms with E-state index in [9.17, 15) is 25.5 Å². The minimum absolute atomic E-state index is 0.175. The minimum Gasteiger partial charge on any atom is -0.264 e. The predicted molar refractivity (Wildman–Crippen MR) is 123 cm³/mol. The summed E-state index contributed by atoms with van der Waals surface area (Å²) in [7, 11) is -9.86. The maximum absolute atomic E-state index is 13.5. The molecule has 0 unspecified atom stereocenters. The standard InChI is InChI=1S/C22H17FN4O5S2/c1-16-21(25-24-17-9-4-2-5-10-17)22(28)27(26(16)18-11-6-3-7-12-18)34(31,32)20-14-8-13-19(15-20)33(23,29)30/h2-15H,1H3. The molecule has 0 radical (unpaired) electrons. The number of para-hydroxylation sites is 1. The highest BCUT2D eigenvalue weighted by Crippen LogP contribution is 2.26. The van der Waals surface area contributed by atoms with Crippen LogP contribution in [0, 0.1) is 6.92 Å². The van der Waals surface area contributed by atoms with Crippen LogP contribution in [0.1, 0.15) is 5.69 Å². The zero-order valence-corrected chi connectivity index (χ0v) is 19.2. The van der Waals surface area contributed by atoms with Crippen LogP contribution in [0.5, 0.6) is 0 Å². The van der Waals surface area contributed by atoms with Crippen molar-refractivity contribution in [3.63, 3.8) is 0 Å². The molecule has 1 aromatic heterocycles. The second kappa shape index (κ2) is 8.80. The molecule has 3 aromatic carbocycles. The highest BCUT2D eigenvalue weighted by molar-refractivity contribution is 7.90. The van der Waals surface area contributed by atoms with Crippen LogP contribution in [0.25, 0.3) is 5.69 Å². The van der Waals surface area contributed by atoms with Gasteiger partial charge in [-0.1, -0.05) is 42.5 Å². The lowest BCUT2D eigenvalue weighted by Crippen LogP contribution is -2.30. The van der Waals surface area contributed by atoms with Gasteiger partial charge in [-0.2, -0.15) is 21.9 Å². The predicted octanol–water partition coefficient (Wildman–Crippen LogP) is 4.26. The number of rotatable bonds is 6. The summed E-state index contributed by atoms with van der Waals surface area (Å²) in [6.07, 6.45) is 0. The van der Waals surface area contributed by atoms with Gasteiger partial charge in [-0.15, -0.1) is 13.1 Å². The molecule has 4 aromatic rings. The highest BCUT2D eigenvalue weighted by Gasteiger charge is 2.29. The summed E-state index contributed by atoms with van der Waals surface area (Å²) in [4.78, 5) is 11.9. The van der Waals surface area contributed by atoms with E-state index in [1.165, 1.54) is 6.92 Å². The van der Waals surface area contributed by atoms with Gasteiger partial charge in [-0.05, 0) is 49.4 Å². The molecule has 0 N–H and O–H groups in total. The second-order valence-corrected chi connectivity index (χ2v) is 10.2. The Kier molecular flexibility index (Phi) is 6.02. The largest absolute Gasteiger partial charge is 0.332 e. The van der Waals surface area contributed by atoms with Crippen molar-refractivity contribution in [1.82, 2.24) is 8.77 Å². The Morgan fingerprint density at radius 2 is 1.35 bits per heavy atom. The Hall–Kier alpha value is -3.90. The summed E-state index contributed by atoms with van der Waals surface area (Å²) in [6.45, 7) is 1.50. The fourth-order valence-corrected chi connectivity index (χ4v) is 5.31. The first-order valence-electron chi connectivity index (χ1n) is 9.78. The van der Waals surface area contributed by atoms with E-state index in [-0.39, 0.29) is 11.4 Å². The first kappa shape index (κ1) is 23.3. The van der Waals surface area contributed by atoms with Gasteiger partial charge in [0.05, 0.1) is 26.9 Å². The van der Waals surface area contributed by atoms with E-state index in [2.05, 4.69) is 10.2 Å². The van der Waals surface area contributed by atoms with Crippen LogP contribution >= 0.6 is 0 Å². The van der Waals surface area contributed by atoms with E-state index >= 15 is 0 Å². The molecular formula is C22H17FN4O5S2. The van der Waals surface area contributed by atoms with Crippen LogP contribution in [-0.2, 0) is 20.2 Å². The molecule has 4 rings (SSSR count). The van der Waals surface area contributed by atoms with Crippen molar-refractivity contribution in [3.8, 4) is 5.69 Å². The van der Waals surface area contributed by atoms with Crippen molar-refractivity contribution in [2.24, 2.45) is 10.2 Å². The van der Waals surface area contributed by atoms with E-state index in [1.54, 1.807) is 60.7 Å². The maximum Gasteiger partial charge on any atom is 0.332 e. The van der Waals surface area contributed by atoms with E-state index in [4.69, 9.17) is 0 Å². The van der Waals surface area contributed by atoms with Gasteiger partial charge < -0.3 is 0 Å². The number of nitrogens with zero attached hydrogens (tertiary/aromatic N) is 4. The number of benzene rings is 3. The number of azo groups is 1. The summed E-state index contributed by atoms with van der Waals surface area (Å²) >= 11 is 0. The zero-order chi connectivity index (χ0) is 24.5. The van der Waals surface area contributed by atoms with Crippen molar-refractivity contribution >= 4 is 31.6 Å². The lowest BCUT2D eigenvalue weighted by atomic mass is 10.3. The summed E-state index contributed by atoms with van der Waals surface area (Å²) in [5, 5.41) is 8.02. The van der Waals surface area contributed by atoms with Gasteiger partial charge in [0.2, 0.25) is 0 Å². The van der Waals surface area contributed by atoms with E-state index in [0.717, 1.165) is 22.9 Å². The fraction of sp³-hybridized carbons (Fsp3) is 0.0455. The van der Waals surface area contributed by atoms with Crippen LogP contribution < -0.4 is 5.56 Å². The average molecular weight is 501 g/mol. The Morgan fingerprint density at radius 3 is 1.97 bits per heavy atom. The van der Waals surface area contributed by atoms with E-state index < -0.39 is 35.6 Å². The average Bonchev–Trinajstić information content (AvgIpc) is 3.08. The third kappa shape index (κ3) is 4.32. The first-order chi connectivity index (χ1) is 16.1. The molecule has 34 heavy (non-hydrogen) atoms. The van der Waals surface area contributed by atoms with Gasteiger partial charge in [-0.25, -0.2) is 4.68 Å². The van der Waals surface area contributed by atoms with Crippen LogP contribution in [0.4, 0.5) is 15.3 Å². The molecule has 0 saturated heterocycles. The molecule has 9 nitrogen and oxygen atoms in total. The number of hydrogen-bond acceptors (Lipinski definition) is 7. The maximum atomic E-state index is 13.5. The number of halogens is 1. The van der Waals surface area contributed by atoms with Crippen LogP contribution in [0.15, 0.2) is 110 Å². The third-order valence-electron chi connectivity index (χ3n) is 4.85. The normalized spacial score (nSPS) is 12.3. The lowest BCUT2D eigenvalue weighted by molar-refractivity contribution is 0.551. The quantitative estimate of drug-likeness (QED) is 0.289. The van der Waals surface area contributed by atoms with Gasteiger partial charge in [0, 0.05) is 0 Å². The molecule has 0 aliphatic carbocycles. The Bertz CT molecular complexity index is 1660. The van der Waals surface area contributed by atoms with Crippen molar-refractivity contribution < 1.29 is 20.7 Å². The van der Waals surface area contributed by atoms with Gasteiger partial charge in [0.1, 0.15) is 0 Å². The SMILES string of the molecule is Cc1c(N=Nc2ccccc2)c(=O)n(S(=O)(=O)c2cccc(S(=O)(=O)F)c2)n1-c1ccccc1. The van der Waals surface area contributed by atoms with Gasteiger partial charge in [0.15, 0.2) is 5.69 Å². The summed E-state index contributed by atoms with van der Waals surface area (Å²) < 4.78 is 64.8. The minimum atomic E-state index is -5.17. The van der Waals surface area contributed by atoms with Crippen LogP contribution in [-0.4, -0.2) is 25.6 Å². The third-order valence-corrected chi connectivity index (χ3v) is 7.30. The smallest absolute Gasteiger partial charge is 0.264 e. The summed E-state index contributed by atoms with van der Waals surface area (Å²) in [5.74, 6) is 0. The fourth-order valence-electron chi connectivity index (χ4n) is 3.26. The first-order valence-corrected chi connectivity index (χ1v) is 12.6. The molecular weight excluding hydrogens is 483 g/mol. The molecule has 12 heteroatoms. The van der Waals surface area contributed by atoms with Crippen molar-refractivity contribution in [1.29, 1.82) is 0 Å². The Morgan fingerprint density at radius 1 is 0.765 bits per heavy atom. The van der Waals surface area contributed by atoms with Crippen molar-refractivity contribution in [3.05, 3.63) is 101 Å². The molecule has 0 bridgehead atoms.